The molecule has 3 nitrogen and oxygen atoms in total. The van der Waals surface area contributed by atoms with Gasteiger partial charge in [-0.3, -0.25) is 0 Å². The van der Waals surface area contributed by atoms with Crippen molar-refractivity contribution in [3.8, 4) is 0 Å². The third kappa shape index (κ3) is 1.49. The lowest BCUT2D eigenvalue weighted by Crippen LogP contribution is -2.60. The minimum Gasteiger partial charge on any atom is -0.387 e. The molecule has 0 aliphatic heterocycles. The van der Waals surface area contributed by atoms with Gasteiger partial charge in [-0.25, -0.2) is 0 Å². The van der Waals surface area contributed by atoms with Crippen LogP contribution in [0.5, 0.6) is 0 Å². The van der Waals surface area contributed by atoms with Crippen molar-refractivity contribution in [3.05, 3.63) is 0 Å². The van der Waals surface area contributed by atoms with Crippen LogP contribution in [0.4, 0.5) is 0 Å². The van der Waals surface area contributed by atoms with Crippen LogP contribution in [-0.4, -0.2) is 30.5 Å². The first-order chi connectivity index (χ1) is 6.00. The summed E-state index contributed by atoms with van der Waals surface area (Å²) in [5.74, 6) is 0. The highest BCUT2D eigenvalue weighted by Crippen LogP contribution is 2.50. The van der Waals surface area contributed by atoms with E-state index in [1.54, 1.807) is 7.11 Å². The predicted octanol–water partition coefficient (Wildman–Crippen LogP) is 0.901. The van der Waals surface area contributed by atoms with Crippen LogP contribution in [0.3, 0.4) is 0 Å². The van der Waals surface area contributed by atoms with E-state index in [4.69, 9.17) is 10.5 Å². The summed E-state index contributed by atoms with van der Waals surface area (Å²) >= 11 is 0. The molecule has 0 aromatic rings. The van der Waals surface area contributed by atoms with Gasteiger partial charge in [-0.2, -0.15) is 0 Å². The van der Waals surface area contributed by atoms with E-state index in [0.29, 0.717) is 6.54 Å². The third-order valence-electron chi connectivity index (χ3n) is 3.92. The fraction of sp³-hybridized carbons (Fsp3) is 1.00. The van der Waals surface area contributed by atoms with Gasteiger partial charge in [0, 0.05) is 19.1 Å². The second kappa shape index (κ2) is 3.56. The molecule has 3 heteroatoms. The minimum atomic E-state index is -0.797. The smallest absolute Gasteiger partial charge is 0.0945 e. The summed E-state index contributed by atoms with van der Waals surface area (Å²) in [7, 11) is 1.63. The highest BCUT2D eigenvalue weighted by atomic mass is 16.5. The molecule has 0 aromatic carbocycles. The van der Waals surface area contributed by atoms with Crippen LogP contribution in [0.15, 0.2) is 0 Å². The topological polar surface area (TPSA) is 55.5 Å². The van der Waals surface area contributed by atoms with Gasteiger partial charge in [-0.15, -0.1) is 0 Å². The molecular weight excluding hydrogens is 166 g/mol. The Hall–Kier alpha value is -0.120. The van der Waals surface area contributed by atoms with Gasteiger partial charge in [0.25, 0.3) is 0 Å². The van der Waals surface area contributed by atoms with E-state index in [-0.39, 0.29) is 11.5 Å². The Balaban J connectivity index is 2.76. The average Bonchev–Trinajstić information content (AvgIpc) is 2.01. The Labute approximate surface area is 80.3 Å². The molecule has 1 aliphatic rings. The molecular formula is C10H21NO2. The summed E-state index contributed by atoms with van der Waals surface area (Å²) in [5, 5.41) is 10.3. The lowest BCUT2D eigenvalue weighted by atomic mass is 9.57. The van der Waals surface area contributed by atoms with E-state index < -0.39 is 5.60 Å². The summed E-state index contributed by atoms with van der Waals surface area (Å²) in [6.45, 7) is 4.29. The van der Waals surface area contributed by atoms with E-state index in [0.717, 1.165) is 12.8 Å². The van der Waals surface area contributed by atoms with E-state index in [1.165, 1.54) is 6.42 Å². The van der Waals surface area contributed by atoms with E-state index >= 15 is 0 Å². The summed E-state index contributed by atoms with van der Waals surface area (Å²) < 4.78 is 5.19. The van der Waals surface area contributed by atoms with E-state index in [2.05, 4.69) is 0 Å². The quantitative estimate of drug-likeness (QED) is 0.687. The number of rotatable bonds is 4. The molecule has 0 saturated heterocycles. The highest BCUT2D eigenvalue weighted by Gasteiger charge is 2.53. The Bertz CT molecular complexity index is 170. The van der Waals surface area contributed by atoms with Crippen molar-refractivity contribution in [1.29, 1.82) is 0 Å². The summed E-state index contributed by atoms with van der Waals surface area (Å²) in [6, 6.07) is 0. The maximum atomic E-state index is 10.3. The fourth-order valence-corrected chi connectivity index (χ4v) is 2.18. The molecule has 1 rings (SSSR count). The molecule has 2 atom stereocenters. The standard InChI is InChI=1S/C10H21NO2/c1-8(13-3)9(2,12)10(7-11)5-4-6-10/h8,12H,4-7,11H2,1-3H3. The minimum absolute atomic E-state index is 0.109. The molecule has 0 radical (unpaired) electrons. The Morgan fingerprint density at radius 1 is 1.62 bits per heavy atom. The molecule has 3 N–H and O–H groups in total. The SMILES string of the molecule is COC(C)C(C)(O)C1(CN)CCC1. The molecule has 0 amide bonds. The van der Waals surface area contributed by atoms with Crippen molar-refractivity contribution in [2.75, 3.05) is 13.7 Å². The lowest BCUT2D eigenvalue weighted by Gasteiger charge is -2.53. The van der Waals surface area contributed by atoms with Crippen LogP contribution in [0.2, 0.25) is 0 Å². The largest absolute Gasteiger partial charge is 0.387 e. The van der Waals surface area contributed by atoms with Gasteiger partial charge in [0.15, 0.2) is 0 Å². The second-order valence-corrected chi connectivity index (χ2v) is 4.36. The average molecular weight is 187 g/mol. The zero-order valence-corrected chi connectivity index (χ0v) is 8.84. The molecule has 0 spiro atoms. The maximum absolute atomic E-state index is 10.3. The number of hydrogen-bond donors (Lipinski definition) is 2. The fourth-order valence-electron chi connectivity index (χ4n) is 2.18. The van der Waals surface area contributed by atoms with Gasteiger partial charge in [0.1, 0.15) is 0 Å². The Morgan fingerprint density at radius 2 is 2.15 bits per heavy atom. The van der Waals surface area contributed by atoms with Gasteiger partial charge in [0.05, 0.1) is 11.7 Å². The molecule has 1 aliphatic carbocycles. The molecule has 78 valence electrons. The first-order valence-corrected chi connectivity index (χ1v) is 4.95. The number of nitrogens with two attached hydrogens (primary N) is 1. The first-order valence-electron chi connectivity index (χ1n) is 4.95. The van der Waals surface area contributed by atoms with Crippen LogP contribution in [0, 0.1) is 5.41 Å². The van der Waals surface area contributed by atoms with Crippen molar-refractivity contribution >= 4 is 0 Å². The third-order valence-corrected chi connectivity index (χ3v) is 3.92. The number of ether oxygens (including phenoxy) is 1. The van der Waals surface area contributed by atoms with Crippen molar-refractivity contribution in [3.63, 3.8) is 0 Å². The van der Waals surface area contributed by atoms with Gasteiger partial charge < -0.3 is 15.6 Å². The molecule has 1 saturated carbocycles. The zero-order chi connectivity index (χ0) is 10.1. The van der Waals surface area contributed by atoms with Crippen molar-refractivity contribution in [2.45, 2.75) is 44.8 Å². The van der Waals surface area contributed by atoms with E-state index in [1.807, 2.05) is 13.8 Å². The Kier molecular flexibility index (Phi) is 3.00. The molecule has 0 heterocycles. The number of methoxy groups -OCH3 is 1. The maximum Gasteiger partial charge on any atom is 0.0945 e. The van der Waals surface area contributed by atoms with Crippen molar-refractivity contribution in [2.24, 2.45) is 11.1 Å². The van der Waals surface area contributed by atoms with Crippen LogP contribution in [-0.2, 0) is 4.74 Å². The van der Waals surface area contributed by atoms with Crippen LogP contribution >= 0.6 is 0 Å². The van der Waals surface area contributed by atoms with Gasteiger partial charge in [-0.05, 0) is 26.7 Å². The Morgan fingerprint density at radius 3 is 2.38 bits per heavy atom. The van der Waals surface area contributed by atoms with Crippen molar-refractivity contribution in [1.82, 2.24) is 0 Å². The first kappa shape index (κ1) is 11.0. The number of hydrogen-bond acceptors (Lipinski definition) is 3. The lowest BCUT2D eigenvalue weighted by molar-refractivity contribution is -0.176. The molecule has 13 heavy (non-hydrogen) atoms. The molecule has 0 bridgehead atoms. The van der Waals surface area contributed by atoms with Gasteiger partial charge in [-0.1, -0.05) is 6.42 Å². The van der Waals surface area contributed by atoms with Gasteiger partial charge >= 0.3 is 0 Å². The van der Waals surface area contributed by atoms with Crippen LogP contribution in [0.1, 0.15) is 33.1 Å². The molecule has 0 aromatic heterocycles. The second-order valence-electron chi connectivity index (χ2n) is 4.36. The highest BCUT2D eigenvalue weighted by molar-refractivity contribution is 5.04. The summed E-state index contributed by atoms with van der Waals surface area (Å²) in [6.07, 6.45) is 3.05. The monoisotopic (exact) mass is 187 g/mol. The molecule has 1 fully saturated rings. The molecule has 2 unspecified atom stereocenters. The zero-order valence-electron chi connectivity index (χ0n) is 8.84. The summed E-state index contributed by atoms with van der Waals surface area (Å²) in [5.41, 5.74) is 4.83. The van der Waals surface area contributed by atoms with E-state index in [9.17, 15) is 5.11 Å². The summed E-state index contributed by atoms with van der Waals surface area (Å²) in [4.78, 5) is 0. The van der Waals surface area contributed by atoms with Crippen LogP contribution < -0.4 is 5.73 Å². The predicted molar refractivity (Wildman–Crippen MR) is 52.4 cm³/mol. The van der Waals surface area contributed by atoms with Crippen LogP contribution in [0.25, 0.3) is 0 Å². The van der Waals surface area contributed by atoms with Crippen molar-refractivity contribution < 1.29 is 9.84 Å². The van der Waals surface area contributed by atoms with Gasteiger partial charge in [0.2, 0.25) is 0 Å². The normalized spacial score (nSPS) is 27.5. The number of aliphatic hydroxyl groups is 1.